The molecule has 1 fully saturated rings. The summed E-state index contributed by atoms with van der Waals surface area (Å²) in [5, 5.41) is 0. The molecule has 0 aromatic heterocycles. The molecule has 1 heterocycles. The fraction of sp³-hybridized carbons (Fsp3) is 1.00. The molecule has 1 atom stereocenters. The molecule has 2 nitrogen and oxygen atoms in total. The van der Waals surface area contributed by atoms with Gasteiger partial charge in [0.1, 0.15) is 6.04 Å². The Hall–Kier alpha value is -0.290. The lowest BCUT2D eigenvalue weighted by molar-refractivity contribution is -0.188. The molecule has 0 radical (unpaired) electrons. The molecule has 1 saturated heterocycles. The Kier molecular flexibility index (Phi) is 5.05. The first-order valence-corrected chi connectivity index (χ1v) is 5.99. The lowest BCUT2D eigenvalue weighted by atomic mass is 9.93. The number of halogens is 3. The lowest BCUT2D eigenvalue weighted by Crippen LogP contribution is -2.49. The number of hydrogen-bond acceptors (Lipinski definition) is 2. The summed E-state index contributed by atoms with van der Waals surface area (Å²) in [5.74, 6) is 0.600. The molecule has 0 amide bonds. The average molecular weight is 238 g/mol. The Morgan fingerprint density at radius 1 is 1.31 bits per heavy atom. The number of likely N-dealkylation sites (tertiary alicyclic amines) is 1. The van der Waals surface area contributed by atoms with Gasteiger partial charge < -0.3 is 5.73 Å². The summed E-state index contributed by atoms with van der Waals surface area (Å²) in [4.78, 5) is 1.55. The van der Waals surface area contributed by atoms with Gasteiger partial charge in [0, 0.05) is 0 Å². The Bertz CT molecular complexity index is 198. The summed E-state index contributed by atoms with van der Waals surface area (Å²) in [6.07, 6.45) is -1.29. The van der Waals surface area contributed by atoms with Crippen LogP contribution in [-0.4, -0.2) is 36.8 Å². The molecular formula is C11H21F3N2. The van der Waals surface area contributed by atoms with Crippen molar-refractivity contribution >= 4 is 0 Å². The first kappa shape index (κ1) is 13.8. The van der Waals surface area contributed by atoms with Crippen molar-refractivity contribution in [1.29, 1.82) is 0 Å². The van der Waals surface area contributed by atoms with Gasteiger partial charge in [0.25, 0.3) is 0 Å². The lowest BCUT2D eigenvalue weighted by Gasteiger charge is -2.38. The zero-order valence-corrected chi connectivity index (χ0v) is 9.76. The van der Waals surface area contributed by atoms with Gasteiger partial charge in [-0.1, -0.05) is 13.3 Å². The molecule has 0 saturated carbocycles. The van der Waals surface area contributed by atoms with E-state index in [-0.39, 0.29) is 13.0 Å². The minimum absolute atomic E-state index is 0.0142. The highest BCUT2D eigenvalue weighted by Crippen LogP contribution is 2.30. The molecular weight excluding hydrogens is 217 g/mol. The van der Waals surface area contributed by atoms with Gasteiger partial charge in [0.05, 0.1) is 0 Å². The maximum Gasteiger partial charge on any atom is 0.404 e. The summed E-state index contributed by atoms with van der Waals surface area (Å²) in [5.41, 5.74) is 5.26. The van der Waals surface area contributed by atoms with Crippen LogP contribution >= 0.6 is 0 Å². The Morgan fingerprint density at radius 3 is 2.25 bits per heavy atom. The minimum Gasteiger partial charge on any atom is -0.330 e. The van der Waals surface area contributed by atoms with Crippen LogP contribution in [0.2, 0.25) is 0 Å². The SMILES string of the molecule is CCC1CCN(C(CCN)C(F)(F)F)CC1. The van der Waals surface area contributed by atoms with E-state index in [1.54, 1.807) is 4.90 Å². The summed E-state index contributed by atoms with van der Waals surface area (Å²) in [7, 11) is 0. The zero-order valence-electron chi connectivity index (χ0n) is 9.76. The average Bonchev–Trinajstić information content (AvgIpc) is 2.25. The highest BCUT2D eigenvalue weighted by Gasteiger charge is 2.43. The van der Waals surface area contributed by atoms with Gasteiger partial charge in [-0.3, -0.25) is 4.90 Å². The van der Waals surface area contributed by atoms with Gasteiger partial charge in [-0.05, 0) is 44.8 Å². The summed E-state index contributed by atoms with van der Waals surface area (Å²) in [6, 6.07) is -1.34. The third kappa shape index (κ3) is 3.63. The van der Waals surface area contributed by atoms with E-state index in [0.29, 0.717) is 19.0 Å². The van der Waals surface area contributed by atoms with Gasteiger partial charge in [0.15, 0.2) is 0 Å². The highest BCUT2D eigenvalue weighted by atomic mass is 19.4. The fourth-order valence-electron chi connectivity index (χ4n) is 2.38. The van der Waals surface area contributed by atoms with Crippen LogP contribution in [0.3, 0.4) is 0 Å². The van der Waals surface area contributed by atoms with Crippen molar-refractivity contribution in [2.24, 2.45) is 11.7 Å². The Balaban J connectivity index is 2.53. The zero-order chi connectivity index (χ0) is 12.2. The maximum absolute atomic E-state index is 12.8. The van der Waals surface area contributed by atoms with Crippen molar-refractivity contribution in [2.75, 3.05) is 19.6 Å². The van der Waals surface area contributed by atoms with Crippen LogP contribution in [0.5, 0.6) is 0 Å². The van der Waals surface area contributed by atoms with E-state index in [1.165, 1.54) is 0 Å². The first-order valence-electron chi connectivity index (χ1n) is 5.99. The van der Waals surface area contributed by atoms with E-state index < -0.39 is 12.2 Å². The van der Waals surface area contributed by atoms with Crippen LogP contribution in [0, 0.1) is 5.92 Å². The maximum atomic E-state index is 12.8. The molecule has 1 aliphatic heterocycles. The van der Waals surface area contributed by atoms with Crippen molar-refractivity contribution in [3.8, 4) is 0 Å². The molecule has 0 spiro atoms. The van der Waals surface area contributed by atoms with E-state index in [1.807, 2.05) is 0 Å². The number of rotatable bonds is 4. The predicted molar refractivity (Wildman–Crippen MR) is 58.1 cm³/mol. The molecule has 0 aliphatic carbocycles. The van der Waals surface area contributed by atoms with Crippen LogP contribution in [0.1, 0.15) is 32.6 Å². The van der Waals surface area contributed by atoms with Crippen molar-refractivity contribution in [1.82, 2.24) is 4.90 Å². The number of hydrogen-bond donors (Lipinski definition) is 1. The molecule has 16 heavy (non-hydrogen) atoms. The monoisotopic (exact) mass is 238 g/mol. The molecule has 0 aromatic rings. The van der Waals surface area contributed by atoms with Crippen molar-refractivity contribution < 1.29 is 13.2 Å². The van der Waals surface area contributed by atoms with E-state index in [9.17, 15) is 13.2 Å². The van der Waals surface area contributed by atoms with E-state index >= 15 is 0 Å². The molecule has 1 unspecified atom stereocenters. The van der Waals surface area contributed by atoms with Gasteiger partial charge in [-0.2, -0.15) is 13.2 Å². The van der Waals surface area contributed by atoms with Gasteiger partial charge in [-0.25, -0.2) is 0 Å². The third-order valence-corrected chi connectivity index (χ3v) is 3.49. The number of alkyl halides is 3. The Labute approximate surface area is 95.0 Å². The molecule has 96 valence electrons. The summed E-state index contributed by atoms with van der Waals surface area (Å²) in [6.45, 7) is 3.31. The van der Waals surface area contributed by atoms with Crippen molar-refractivity contribution in [3.63, 3.8) is 0 Å². The van der Waals surface area contributed by atoms with Crippen LogP contribution in [0.25, 0.3) is 0 Å². The van der Waals surface area contributed by atoms with Crippen molar-refractivity contribution in [3.05, 3.63) is 0 Å². The van der Waals surface area contributed by atoms with E-state index in [0.717, 1.165) is 19.3 Å². The third-order valence-electron chi connectivity index (χ3n) is 3.49. The summed E-state index contributed by atoms with van der Waals surface area (Å²) < 4.78 is 38.3. The smallest absolute Gasteiger partial charge is 0.330 e. The summed E-state index contributed by atoms with van der Waals surface area (Å²) >= 11 is 0. The van der Waals surface area contributed by atoms with Crippen LogP contribution < -0.4 is 5.73 Å². The molecule has 1 rings (SSSR count). The highest BCUT2D eigenvalue weighted by molar-refractivity contribution is 4.83. The Morgan fingerprint density at radius 2 is 1.88 bits per heavy atom. The van der Waals surface area contributed by atoms with Gasteiger partial charge in [-0.15, -0.1) is 0 Å². The molecule has 2 N–H and O–H groups in total. The normalized spacial score (nSPS) is 22.3. The van der Waals surface area contributed by atoms with E-state index in [2.05, 4.69) is 6.92 Å². The molecule has 5 heteroatoms. The number of piperidine rings is 1. The molecule has 0 bridgehead atoms. The minimum atomic E-state index is -4.14. The van der Waals surface area contributed by atoms with Crippen LogP contribution in [0.15, 0.2) is 0 Å². The largest absolute Gasteiger partial charge is 0.404 e. The van der Waals surface area contributed by atoms with Gasteiger partial charge >= 0.3 is 6.18 Å². The standard InChI is InChI=1S/C11H21F3N2/c1-2-9-4-7-16(8-5-9)10(3-6-15)11(12,13)14/h9-10H,2-8,15H2,1H3. The van der Waals surface area contributed by atoms with Crippen molar-refractivity contribution in [2.45, 2.75) is 44.8 Å². The quantitative estimate of drug-likeness (QED) is 0.814. The second kappa shape index (κ2) is 5.87. The first-order chi connectivity index (χ1) is 7.49. The number of nitrogens with two attached hydrogens (primary N) is 1. The van der Waals surface area contributed by atoms with Crippen LogP contribution in [-0.2, 0) is 0 Å². The topological polar surface area (TPSA) is 29.3 Å². The second-order valence-electron chi connectivity index (χ2n) is 4.52. The van der Waals surface area contributed by atoms with Crippen LogP contribution in [0.4, 0.5) is 13.2 Å². The second-order valence-corrected chi connectivity index (χ2v) is 4.52. The molecule has 0 aromatic carbocycles. The van der Waals surface area contributed by atoms with E-state index in [4.69, 9.17) is 5.73 Å². The molecule has 1 aliphatic rings. The number of nitrogens with zero attached hydrogens (tertiary/aromatic N) is 1. The fourth-order valence-corrected chi connectivity index (χ4v) is 2.38. The van der Waals surface area contributed by atoms with Gasteiger partial charge in [0.2, 0.25) is 0 Å². The predicted octanol–water partition coefficient (Wildman–Crippen LogP) is 2.39.